The second kappa shape index (κ2) is 5.02. The Kier molecular flexibility index (Phi) is 3.44. The van der Waals surface area contributed by atoms with Crippen LogP contribution in [-0.2, 0) is 10.2 Å². The van der Waals surface area contributed by atoms with Crippen LogP contribution in [0.15, 0.2) is 24.3 Å². The van der Waals surface area contributed by atoms with Gasteiger partial charge in [-0.15, -0.1) is 0 Å². The Hall–Kier alpha value is -1.55. The molecule has 1 N–H and O–H groups in total. The molecule has 114 valence electrons. The first-order chi connectivity index (χ1) is 9.91. The average Bonchev–Trinajstić information content (AvgIpc) is 2.74. The topological polar surface area (TPSA) is 41.6 Å². The minimum absolute atomic E-state index is 0.0474. The summed E-state index contributed by atoms with van der Waals surface area (Å²) in [7, 11) is 0. The molecule has 1 spiro atoms. The van der Waals surface area contributed by atoms with E-state index in [4.69, 9.17) is 4.74 Å². The average molecular weight is 288 g/mol. The third kappa shape index (κ3) is 2.64. The second-order valence-corrected chi connectivity index (χ2v) is 7.14. The highest BCUT2D eigenvalue weighted by molar-refractivity contribution is 5.91. The number of nitrogens with zero attached hydrogens (tertiary/aromatic N) is 1. The fourth-order valence-electron chi connectivity index (χ4n) is 3.44. The van der Waals surface area contributed by atoms with E-state index < -0.39 is 5.60 Å². The minimum Gasteiger partial charge on any atom is -0.443 e. The first-order valence-corrected chi connectivity index (χ1v) is 7.72. The van der Waals surface area contributed by atoms with Gasteiger partial charge in [-0.1, -0.05) is 18.2 Å². The quantitative estimate of drug-likeness (QED) is 0.797. The van der Waals surface area contributed by atoms with Gasteiger partial charge in [0.2, 0.25) is 0 Å². The lowest BCUT2D eigenvalue weighted by molar-refractivity contribution is 0.0576. The number of ether oxygens (including phenoxy) is 1. The third-order valence-electron chi connectivity index (χ3n) is 4.31. The predicted octanol–water partition coefficient (Wildman–Crippen LogP) is 3.06. The number of hydrogen-bond acceptors (Lipinski definition) is 3. The molecular weight excluding hydrogens is 264 g/mol. The number of fused-ring (bicyclic) bond motifs is 2. The molecule has 21 heavy (non-hydrogen) atoms. The van der Waals surface area contributed by atoms with Crippen molar-refractivity contribution in [2.45, 2.75) is 44.6 Å². The first-order valence-electron chi connectivity index (χ1n) is 7.72. The van der Waals surface area contributed by atoms with Crippen molar-refractivity contribution >= 4 is 11.8 Å². The Morgan fingerprint density at radius 2 is 2.10 bits per heavy atom. The Balaban J connectivity index is 1.93. The number of benzene rings is 1. The summed E-state index contributed by atoms with van der Waals surface area (Å²) in [6.45, 7) is 8.44. The lowest BCUT2D eigenvalue weighted by Gasteiger charge is -2.34. The van der Waals surface area contributed by atoms with Crippen LogP contribution in [0.1, 0.15) is 39.2 Å². The SMILES string of the molecule is CC(C)(C)OC(=O)N1CC2(CCCNC2)c2ccccc21. The molecule has 2 heterocycles. The van der Waals surface area contributed by atoms with Gasteiger partial charge in [0.25, 0.3) is 0 Å². The van der Waals surface area contributed by atoms with Crippen LogP contribution < -0.4 is 10.2 Å². The normalized spacial score (nSPS) is 25.0. The van der Waals surface area contributed by atoms with E-state index in [1.807, 2.05) is 37.8 Å². The number of carbonyl (C=O) groups is 1. The molecule has 3 rings (SSSR count). The summed E-state index contributed by atoms with van der Waals surface area (Å²) < 4.78 is 5.58. The molecule has 4 nitrogen and oxygen atoms in total. The summed E-state index contributed by atoms with van der Waals surface area (Å²) >= 11 is 0. The molecule has 0 radical (unpaired) electrons. The number of rotatable bonds is 0. The molecule has 1 atom stereocenters. The van der Waals surface area contributed by atoms with E-state index in [0.717, 1.165) is 31.6 Å². The van der Waals surface area contributed by atoms with Crippen molar-refractivity contribution in [3.8, 4) is 0 Å². The number of carbonyl (C=O) groups excluding carboxylic acids is 1. The monoisotopic (exact) mass is 288 g/mol. The molecule has 2 aliphatic rings. The number of piperidine rings is 1. The maximum atomic E-state index is 12.5. The van der Waals surface area contributed by atoms with Crippen LogP contribution in [0.5, 0.6) is 0 Å². The smallest absolute Gasteiger partial charge is 0.414 e. The largest absolute Gasteiger partial charge is 0.443 e. The van der Waals surface area contributed by atoms with Gasteiger partial charge in [0.05, 0.1) is 5.69 Å². The van der Waals surface area contributed by atoms with Gasteiger partial charge in [-0.25, -0.2) is 4.79 Å². The van der Waals surface area contributed by atoms with Gasteiger partial charge in [0, 0.05) is 18.5 Å². The van der Waals surface area contributed by atoms with Crippen LogP contribution in [0, 0.1) is 0 Å². The minimum atomic E-state index is -0.466. The van der Waals surface area contributed by atoms with E-state index in [-0.39, 0.29) is 11.5 Å². The Bertz CT molecular complexity index is 542. The highest BCUT2D eigenvalue weighted by atomic mass is 16.6. The molecule has 1 amide bonds. The number of amides is 1. The number of hydrogen-bond donors (Lipinski definition) is 1. The molecule has 1 fully saturated rings. The van der Waals surface area contributed by atoms with Gasteiger partial charge in [-0.05, 0) is 51.8 Å². The Morgan fingerprint density at radius 3 is 2.76 bits per heavy atom. The summed E-state index contributed by atoms with van der Waals surface area (Å²) in [6, 6.07) is 8.24. The molecule has 1 unspecified atom stereocenters. The highest BCUT2D eigenvalue weighted by Crippen LogP contribution is 2.44. The molecule has 1 aromatic carbocycles. The summed E-state index contributed by atoms with van der Waals surface area (Å²) in [5.74, 6) is 0. The Morgan fingerprint density at radius 1 is 1.33 bits per heavy atom. The number of anilines is 1. The molecular formula is C17H24N2O2. The van der Waals surface area contributed by atoms with Crippen LogP contribution >= 0.6 is 0 Å². The van der Waals surface area contributed by atoms with Gasteiger partial charge in [0.1, 0.15) is 5.60 Å². The van der Waals surface area contributed by atoms with Crippen molar-refractivity contribution in [2.75, 3.05) is 24.5 Å². The standard InChI is InChI=1S/C17H24N2O2/c1-16(2,3)21-15(20)19-12-17(9-6-10-18-11-17)13-7-4-5-8-14(13)19/h4-5,7-8,18H,6,9-12H2,1-3H3. The maximum Gasteiger partial charge on any atom is 0.414 e. The zero-order valence-electron chi connectivity index (χ0n) is 13.1. The van der Waals surface area contributed by atoms with Crippen molar-refractivity contribution in [1.82, 2.24) is 5.32 Å². The summed E-state index contributed by atoms with van der Waals surface area (Å²) in [4.78, 5) is 14.3. The molecule has 1 saturated heterocycles. The van der Waals surface area contributed by atoms with E-state index in [9.17, 15) is 4.79 Å². The van der Waals surface area contributed by atoms with Gasteiger partial charge in [0.15, 0.2) is 0 Å². The number of nitrogens with one attached hydrogen (secondary N) is 1. The van der Waals surface area contributed by atoms with E-state index in [1.165, 1.54) is 5.56 Å². The predicted molar refractivity (Wildman–Crippen MR) is 83.8 cm³/mol. The van der Waals surface area contributed by atoms with Crippen molar-refractivity contribution in [1.29, 1.82) is 0 Å². The highest BCUT2D eigenvalue weighted by Gasteiger charge is 2.46. The van der Waals surface area contributed by atoms with Crippen LogP contribution in [0.2, 0.25) is 0 Å². The summed E-state index contributed by atoms with van der Waals surface area (Å²) in [6.07, 6.45) is 2.03. The van der Waals surface area contributed by atoms with Crippen molar-refractivity contribution in [3.05, 3.63) is 29.8 Å². The third-order valence-corrected chi connectivity index (χ3v) is 4.31. The van der Waals surface area contributed by atoms with E-state index in [2.05, 4.69) is 17.4 Å². The zero-order chi connectivity index (χ0) is 15.1. The first kappa shape index (κ1) is 14.4. The van der Waals surface area contributed by atoms with E-state index in [0.29, 0.717) is 6.54 Å². The van der Waals surface area contributed by atoms with E-state index in [1.54, 1.807) is 0 Å². The zero-order valence-corrected chi connectivity index (χ0v) is 13.1. The lowest BCUT2D eigenvalue weighted by Crippen LogP contribution is -2.48. The molecule has 0 aromatic heterocycles. The number of para-hydroxylation sites is 1. The van der Waals surface area contributed by atoms with Gasteiger partial charge in [-0.3, -0.25) is 4.90 Å². The van der Waals surface area contributed by atoms with Gasteiger partial charge in [-0.2, -0.15) is 0 Å². The van der Waals surface area contributed by atoms with Gasteiger partial charge < -0.3 is 10.1 Å². The maximum absolute atomic E-state index is 12.5. The van der Waals surface area contributed by atoms with Gasteiger partial charge >= 0.3 is 6.09 Å². The molecule has 4 heteroatoms. The fraction of sp³-hybridized carbons (Fsp3) is 0.588. The van der Waals surface area contributed by atoms with Crippen LogP contribution in [0.3, 0.4) is 0 Å². The lowest BCUT2D eigenvalue weighted by atomic mass is 9.76. The van der Waals surface area contributed by atoms with Crippen molar-refractivity contribution in [3.63, 3.8) is 0 Å². The van der Waals surface area contributed by atoms with E-state index >= 15 is 0 Å². The molecule has 1 aromatic rings. The summed E-state index contributed by atoms with van der Waals surface area (Å²) in [5, 5.41) is 3.49. The fourth-order valence-corrected chi connectivity index (χ4v) is 3.44. The summed E-state index contributed by atoms with van der Waals surface area (Å²) in [5.41, 5.74) is 1.87. The molecule has 0 aliphatic carbocycles. The van der Waals surface area contributed by atoms with Crippen LogP contribution in [0.4, 0.5) is 10.5 Å². The molecule has 0 saturated carbocycles. The van der Waals surface area contributed by atoms with Crippen LogP contribution in [0.25, 0.3) is 0 Å². The van der Waals surface area contributed by atoms with Crippen molar-refractivity contribution < 1.29 is 9.53 Å². The Labute approximate surface area is 126 Å². The molecule has 2 aliphatic heterocycles. The molecule has 0 bridgehead atoms. The van der Waals surface area contributed by atoms with Crippen molar-refractivity contribution in [2.24, 2.45) is 0 Å². The van der Waals surface area contributed by atoms with Crippen LogP contribution in [-0.4, -0.2) is 31.3 Å². The second-order valence-electron chi connectivity index (χ2n) is 7.14.